The summed E-state index contributed by atoms with van der Waals surface area (Å²) in [7, 11) is 0. The van der Waals surface area contributed by atoms with Crippen LogP contribution >= 0.6 is 11.8 Å². The van der Waals surface area contributed by atoms with Crippen molar-refractivity contribution in [1.29, 1.82) is 5.26 Å². The predicted molar refractivity (Wildman–Crippen MR) is 68.8 cm³/mol. The standard InChI is InChI=1S/C13H17NOS/c1-12-5-2-6-13(11-12)15-8-4-10-16-9-3-7-14/h2,5-6,11H,3-4,8-10H2,1H3. The van der Waals surface area contributed by atoms with Crippen LogP contribution in [0.1, 0.15) is 18.4 Å². The summed E-state index contributed by atoms with van der Waals surface area (Å²) < 4.78 is 5.62. The van der Waals surface area contributed by atoms with Gasteiger partial charge in [-0.1, -0.05) is 12.1 Å². The molecule has 0 saturated carbocycles. The van der Waals surface area contributed by atoms with E-state index >= 15 is 0 Å². The summed E-state index contributed by atoms with van der Waals surface area (Å²) >= 11 is 1.81. The minimum Gasteiger partial charge on any atom is -0.494 e. The Balaban J connectivity index is 2.05. The lowest BCUT2D eigenvalue weighted by Crippen LogP contribution is -1.99. The van der Waals surface area contributed by atoms with E-state index in [0.717, 1.165) is 30.3 Å². The van der Waals surface area contributed by atoms with Crippen molar-refractivity contribution < 1.29 is 4.74 Å². The molecule has 2 nitrogen and oxygen atoms in total. The Morgan fingerprint density at radius 3 is 3.00 bits per heavy atom. The first-order chi connectivity index (χ1) is 7.83. The molecule has 86 valence electrons. The van der Waals surface area contributed by atoms with Crippen molar-refractivity contribution in [2.45, 2.75) is 19.8 Å². The number of ether oxygens (including phenoxy) is 1. The van der Waals surface area contributed by atoms with Crippen molar-refractivity contribution in [3.63, 3.8) is 0 Å². The van der Waals surface area contributed by atoms with Crippen molar-refractivity contribution in [2.24, 2.45) is 0 Å². The highest BCUT2D eigenvalue weighted by Gasteiger charge is 1.94. The van der Waals surface area contributed by atoms with Crippen LogP contribution in [0.25, 0.3) is 0 Å². The molecule has 0 atom stereocenters. The lowest BCUT2D eigenvalue weighted by atomic mass is 10.2. The van der Waals surface area contributed by atoms with E-state index in [1.807, 2.05) is 30.0 Å². The van der Waals surface area contributed by atoms with E-state index in [9.17, 15) is 0 Å². The number of hydrogen-bond acceptors (Lipinski definition) is 3. The number of rotatable bonds is 7. The maximum absolute atomic E-state index is 8.36. The largest absolute Gasteiger partial charge is 0.494 e. The molecular formula is C13H17NOS. The van der Waals surface area contributed by atoms with Crippen LogP contribution in [0.3, 0.4) is 0 Å². The van der Waals surface area contributed by atoms with E-state index in [-0.39, 0.29) is 0 Å². The Bertz CT molecular complexity index is 346. The molecule has 0 radical (unpaired) electrons. The minimum atomic E-state index is 0.642. The lowest BCUT2D eigenvalue weighted by molar-refractivity contribution is 0.318. The van der Waals surface area contributed by atoms with E-state index in [1.54, 1.807) is 0 Å². The van der Waals surface area contributed by atoms with E-state index in [4.69, 9.17) is 10.00 Å². The lowest BCUT2D eigenvalue weighted by Gasteiger charge is -2.06. The van der Waals surface area contributed by atoms with Crippen LogP contribution in [0.5, 0.6) is 5.75 Å². The van der Waals surface area contributed by atoms with Gasteiger partial charge in [0, 0.05) is 12.2 Å². The first-order valence-electron chi connectivity index (χ1n) is 5.47. The minimum absolute atomic E-state index is 0.642. The highest BCUT2D eigenvalue weighted by atomic mass is 32.2. The highest BCUT2D eigenvalue weighted by Crippen LogP contribution is 2.13. The van der Waals surface area contributed by atoms with E-state index in [0.29, 0.717) is 6.42 Å². The second-order valence-corrected chi connectivity index (χ2v) is 4.76. The summed E-state index contributed by atoms with van der Waals surface area (Å²) in [4.78, 5) is 0. The van der Waals surface area contributed by atoms with Gasteiger partial charge in [-0.2, -0.15) is 17.0 Å². The van der Waals surface area contributed by atoms with Gasteiger partial charge in [0.25, 0.3) is 0 Å². The fourth-order valence-corrected chi connectivity index (χ4v) is 2.04. The van der Waals surface area contributed by atoms with Crippen LogP contribution < -0.4 is 4.74 Å². The zero-order valence-electron chi connectivity index (χ0n) is 9.61. The normalized spacial score (nSPS) is 9.75. The van der Waals surface area contributed by atoms with E-state index in [1.165, 1.54) is 5.56 Å². The van der Waals surface area contributed by atoms with Gasteiger partial charge < -0.3 is 4.74 Å². The average Bonchev–Trinajstić information content (AvgIpc) is 2.28. The summed E-state index contributed by atoms with van der Waals surface area (Å²) in [5, 5.41) is 8.36. The topological polar surface area (TPSA) is 33.0 Å². The number of aryl methyl sites for hydroxylation is 1. The fraction of sp³-hybridized carbons (Fsp3) is 0.462. The Morgan fingerprint density at radius 2 is 2.25 bits per heavy atom. The molecule has 0 amide bonds. The molecule has 0 fully saturated rings. The second-order valence-electron chi connectivity index (χ2n) is 3.54. The molecule has 0 aromatic heterocycles. The van der Waals surface area contributed by atoms with Crippen molar-refractivity contribution in [3.05, 3.63) is 29.8 Å². The Kier molecular flexibility index (Phi) is 6.52. The second kappa shape index (κ2) is 8.06. The van der Waals surface area contributed by atoms with Crippen LogP contribution in [-0.2, 0) is 0 Å². The molecule has 16 heavy (non-hydrogen) atoms. The maximum Gasteiger partial charge on any atom is 0.119 e. The van der Waals surface area contributed by atoms with Gasteiger partial charge >= 0.3 is 0 Å². The molecule has 1 aromatic rings. The molecule has 0 heterocycles. The first-order valence-corrected chi connectivity index (χ1v) is 6.62. The molecule has 1 aromatic carbocycles. The molecule has 0 spiro atoms. The van der Waals surface area contributed by atoms with Gasteiger partial charge in [-0.05, 0) is 36.8 Å². The first kappa shape index (κ1) is 12.9. The number of nitrogens with zero attached hydrogens (tertiary/aromatic N) is 1. The van der Waals surface area contributed by atoms with Gasteiger partial charge in [0.05, 0.1) is 12.7 Å². The highest BCUT2D eigenvalue weighted by molar-refractivity contribution is 7.99. The summed E-state index contributed by atoms with van der Waals surface area (Å²) in [5.41, 5.74) is 1.22. The van der Waals surface area contributed by atoms with Gasteiger partial charge in [-0.15, -0.1) is 0 Å². The third-order valence-corrected chi connectivity index (χ3v) is 3.12. The van der Waals surface area contributed by atoms with E-state index < -0.39 is 0 Å². The van der Waals surface area contributed by atoms with Gasteiger partial charge in [0.2, 0.25) is 0 Å². The third-order valence-electron chi connectivity index (χ3n) is 2.05. The molecule has 0 N–H and O–H groups in total. The van der Waals surface area contributed by atoms with Crippen LogP contribution in [-0.4, -0.2) is 18.1 Å². The van der Waals surface area contributed by atoms with Gasteiger partial charge in [-0.25, -0.2) is 0 Å². The SMILES string of the molecule is Cc1cccc(OCCCSCCC#N)c1. The molecule has 3 heteroatoms. The third kappa shape index (κ3) is 5.67. The van der Waals surface area contributed by atoms with Gasteiger partial charge in [0.1, 0.15) is 5.75 Å². The molecule has 0 aliphatic carbocycles. The Morgan fingerprint density at radius 1 is 1.38 bits per heavy atom. The summed E-state index contributed by atoms with van der Waals surface area (Å²) in [5.74, 6) is 2.94. The van der Waals surface area contributed by atoms with Crippen LogP contribution in [0.15, 0.2) is 24.3 Å². The van der Waals surface area contributed by atoms with Crippen LogP contribution in [0.2, 0.25) is 0 Å². The number of nitriles is 1. The van der Waals surface area contributed by atoms with Crippen LogP contribution in [0, 0.1) is 18.3 Å². The zero-order chi connectivity index (χ0) is 11.6. The van der Waals surface area contributed by atoms with Crippen LogP contribution in [0.4, 0.5) is 0 Å². The average molecular weight is 235 g/mol. The smallest absolute Gasteiger partial charge is 0.119 e. The predicted octanol–water partition coefficient (Wildman–Crippen LogP) is 3.41. The monoisotopic (exact) mass is 235 g/mol. The molecule has 0 bridgehead atoms. The zero-order valence-corrected chi connectivity index (χ0v) is 10.4. The molecule has 0 unspecified atom stereocenters. The summed E-state index contributed by atoms with van der Waals surface area (Å²) in [6.07, 6.45) is 1.67. The molecule has 1 rings (SSSR count). The Hall–Kier alpha value is -1.14. The van der Waals surface area contributed by atoms with E-state index in [2.05, 4.69) is 19.1 Å². The molecule has 0 aliphatic rings. The van der Waals surface area contributed by atoms with Gasteiger partial charge in [0.15, 0.2) is 0 Å². The molecular weight excluding hydrogens is 218 g/mol. The molecule has 0 aliphatic heterocycles. The van der Waals surface area contributed by atoms with Gasteiger partial charge in [-0.3, -0.25) is 0 Å². The molecule has 0 saturated heterocycles. The van der Waals surface area contributed by atoms with Crippen molar-refractivity contribution in [1.82, 2.24) is 0 Å². The number of hydrogen-bond donors (Lipinski definition) is 0. The maximum atomic E-state index is 8.36. The Labute approximate surface area is 102 Å². The summed E-state index contributed by atoms with van der Waals surface area (Å²) in [6, 6.07) is 10.2. The number of benzene rings is 1. The fourth-order valence-electron chi connectivity index (χ4n) is 1.28. The quantitative estimate of drug-likeness (QED) is 0.679. The van der Waals surface area contributed by atoms with Crippen molar-refractivity contribution >= 4 is 11.8 Å². The van der Waals surface area contributed by atoms with Crippen molar-refractivity contribution in [3.8, 4) is 11.8 Å². The van der Waals surface area contributed by atoms with Crippen molar-refractivity contribution in [2.75, 3.05) is 18.1 Å². The number of thioether (sulfide) groups is 1. The summed E-state index contributed by atoms with van der Waals surface area (Å²) in [6.45, 7) is 2.81.